The molecule has 3 heterocycles. The first kappa shape index (κ1) is 19.4. The Morgan fingerprint density at radius 1 is 1.17 bits per heavy atom. The molecule has 2 fully saturated rings. The van der Waals surface area contributed by atoms with Gasteiger partial charge in [0.05, 0.1) is 19.2 Å². The Morgan fingerprint density at radius 3 is 2.79 bits per heavy atom. The van der Waals surface area contributed by atoms with E-state index in [2.05, 4.69) is 9.97 Å². The Balaban J connectivity index is 1.27. The van der Waals surface area contributed by atoms with Crippen LogP contribution in [0.15, 0.2) is 42.9 Å². The van der Waals surface area contributed by atoms with E-state index in [1.54, 1.807) is 25.7 Å². The summed E-state index contributed by atoms with van der Waals surface area (Å²) in [5, 5.41) is 0. The third-order valence-electron chi connectivity index (χ3n) is 5.94. The smallest absolute Gasteiger partial charge is 0.227 e. The van der Waals surface area contributed by atoms with Crippen molar-refractivity contribution in [2.75, 3.05) is 26.7 Å². The number of amides is 2. The molecular weight excluding hydrogens is 368 g/mol. The molecule has 0 radical (unpaired) electrons. The van der Waals surface area contributed by atoms with Crippen molar-refractivity contribution in [2.45, 2.75) is 31.7 Å². The minimum absolute atomic E-state index is 0.137. The number of rotatable bonds is 6. The second-order valence-electron chi connectivity index (χ2n) is 7.69. The molecule has 2 aliphatic heterocycles. The minimum atomic E-state index is 0.137. The van der Waals surface area contributed by atoms with E-state index in [1.807, 2.05) is 34.1 Å². The zero-order valence-corrected chi connectivity index (χ0v) is 16.7. The van der Waals surface area contributed by atoms with Crippen LogP contribution in [0.25, 0.3) is 0 Å². The largest absolute Gasteiger partial charge is 0.496 e. The number of para-hydroxylation sites is 1. The van der Waals surface area contributed by atoms with Crippen LogP contribution in [0, 0.1) is 5.92 Å². The number of ether oxygens (including phenoxy) is 1. The van der Waals surface area contributed by atoms with Gasteiger partial charge in [-0.2, -0.15) is 0 Å². The van der Waals surface area contributed by atoms with Gasteiger partial charge in [-0.1, -0.05) is 18.2 Å². The molecule has 0 saturated carbocycles. The number of methoxy groups -OCH3 is 1. The molecular formula is C22H26N4O3. The van der Waals surface area contributed by atoms with E-state index < -0.39 is 0 Å². The van der Waals surface area contributed by atoms with Gasteiger partial charge in [-0.05, 0) is 18.9 Å². The second-order valence-corrected chi connectivity index (χ2v) is 7.69. The number of nitrogens with zero attached hydrogens (tertiary/aromatic N) is 4. The van der Waals surface area contributed by atoms with E-state index in [0.29, 0.717) is 31.7 Å². The molecule has 2 amide bonds. The molecule has 2 aliphatic rings. The molecule has 4 rings (SSSR count). The molecule has 0 bridgehead atoms. The standard InChI is InChI=1S/C22H26N4O3/c1-29-20-5-3-2-4-16(20)12-22(28)26-15-17-14-25(11-8-19(17)26)21(27)7-6-18-13-23-9-10-24-18/h2-5,9-10,13,17,19H,6-8,11-12,14-15H2,1H3/t17-,19-/m0/s1. The number of hydrogen-bond donors (Lipinski definition) is 0. The maximum absolute atomic E-state index is 12.8. The number of likely N-dealkylation sites (tertiary alicyclic amines) is 2. The summed E-state index contributed by atoms with van der Waals surface area (Å²) < 4.78 is 5.36. The molecule has 0 unspecified atom stereocenters. The number of benzene rings is 1. The van der Waals surface area contributed by atoms with Crippen LogP contribution >= 0.6 is 0 Å². The molecule has 0 N–H and O–H groups in total. The molecule has 0 aliphatic carbocycles. The van der Waals surface area contributed by atoms with Crippen molar-refractivity contribution in [3.63, 3.8) is 0 Å². The SMILES string of the molecule is COc1ccccc1CC(=O)N1C[C@@H]2CN(C(=O)CCc3cnccn3)CC[C@@H]21. The Hall–Kier alpha value is -2.96. The molecule has 29 heavy (non-hydrogen) atoms. The Bertz CT molecular complexity index is 873. The Morgan fingerprint density at radius 2 is 2.03 bits per heavy atom. The first-order chi connectivity index (χ1) is 14.2. The van der Waals surface area contributed by atoms with Crippen molar-refractivity contribution in [1.29, 1.82) is 0 Å². The van der Waals surface area contributed by atoms with Crippen molar-refractivity contribution in [1.82, 2.24) is 19.8 Å². The molecule has 1 aromatic carbocycles. The monoisotopic (exact) mass is 394 g/mol. The van der Waals surface area contributed by atoms with E-state index in [-0.39, 0.29) is 17.9 Å². The lowest BCUT2D eigenvalue weighted by molar-refractivity contribution is -0.151. The highest BCUT2D eigenvalue weighted by Crippen LogP contribution is 2.33. The van der Waals surface area contributed by atoms with Crippen LogP contribution in [0.1, 0.15) is 24.1 Å². The third-order valence-corrected chi connectivity index (χ3v) is 5.94. The number of fused-ring (bicyclic) bond motifs is 1. The van der Waals surface area contributed by atoms with Crippen molar-refractivity contribution in [2.24, 2.45) is 5.92 Å². The summed E-state index contributed by atoms with van der Waals surface area (Å²) in [7, 11) is 1.63. The van der Waals surface area contributed by atoms with E-state index in [4.69, 9.17) is 4.74 Å². The summed E-state index contributed by atoms with van der Waals surface area (Å²) in [6.45, 7) is 2.17. The number of aryl methyl sites for hydroxylation is 1. The van der Waals surface area contributed by atoms with E-state index >= 15 is 0 Å². The van der Waals surface area contributed by atoms with Gasteiger partial charge in [-0.25, -0.2) is 0 Å². The van der Waals surface area contributed by atoms with Crippen LogP contribution in [0.2, 0.25) is 0 Å². The third kappa shape index (κ3) is 4.23. The summed E-state index contributed by atoms with van der Waals surface area (Å²) in [5.74, 6) is 1.43. The van der Waals surface area contributed by atoms with Gasteiger partial charge < -0.3 is 14.5 Å². The fourth-order valence-corrected chi connectivity index (χ4v) is 4.34. The highest BCUT2D eigenvalue weighted by atomic mass is 16.5. The molecule has 2 aromatic rings. The fourth-order valence-electron chi connectivity index (χ4n) is 4.34. The summed E-state index contributed by atoms with van der Waals surface area (Å²) in [5.41, 5.74) is 1.76. The average Bonchev–Trinajstić information content (AvgIpc) is 2.74. The highest BCUT2D eigenvalue weighted by molar-refractivity contribution is 5.81. The topological polar surface area (TPSA) is 75.6 Å². The Kier molecular flexibility index (Phi) is 5.74. The van der Waals surface area contributed by atoms with Gasteiger partial charge in [0.15, 0.2) is 0 Å². The van der Waals surface area contributed by atoms with Crippen molar-refractivity contribution < 1.29 is 14.3 Å². The van der Waals surface area contributed by atoms with Crippen LogP contribution in [0.4, 0.5) is 0 Å². The van der Waals surface area contributed by atoms with Gasteiger partial charge in [-0.3, -0.25) is 19.6 Å². The summed E-state index contributed by atoms with van der Waals surface area (Å²) in [6.07, 6.45) is 7.25. The normalized spacial score (nSPS) is 20.6. The lowest BCUT2D eigenvalue weighted by Gasteiger charge is -2.53. The predicted octanol–water partition coefficient (Wildman–Crippen LogP) is 1.72. The van der Waals surface area contributed by atoms with Gasteiger partial charge in [0.25, 0.3) is 0 Å². The maximum atomic E-state index is 12.8. The molecule has 2 atom stereocenters. The van der Waals surface area contributed by atoms with Gasteiger partial charge in [0.2, 0.25) is 11.8 Å². The summed E-state index contributed by atoms with van der Waals surface area (Å²) >= 11 is 0. The average molecular weight is 394 g/mol. The number of carbonyl (C=O) groups is 2. The first-order valence-electron chi connectivity index (χ1n) is 10.1. The Labute approximate surface area is 170 Å². The number of hydrogen-bond acceptors (Lipinski definition) is 5. The van der Waals surface area contributed by atoms with Crippen LogP contribution in [0.3, 0.4) is 0 Å². The van der Waals surface area contributed by atoms with Gasteiger partial charge in [0.1, 0.15) is 5.75 Å². The van der Waals surface area contributed by atoms with Gasteiger partial charge in [-0.15, -0.1) is 0 Å². The number of piperidine rings is 1. The molecule has 1 aromatic heterocycles. The summed E-state index contributed by atoms with van der Waals surface area (Å²) in [4.78, 5) is 37.5. The molecule has 152 valence electrons. The van der Waals surface area contributed by atoms with Crippen molar-refractivity contribution in [3.8, 4) is 5.75 Å². The van der Waals surface area contributed by atoms with Crippen LogP contribution in [-0.2, 0) is 22.4 Å². The van der Waals surface area contributed by atoms with E-state index in [9.17, 15) is 9.59 Å². The predicted molar refractivity (Wildman–Crippen MR) is 107 cm³/mol. The number of carbonyl (C=O) groups excluding carboxylic acids is 2. The lowest BCUT2D eigenvalue weighted by atomic mass is 9.82. The minimum Gasteiger partial charge on any atom is -0.496 e. The first-order valence-corrected chi connectivity index (χ1v) is 10.1. The highest BCUT2D eigenvalue weighted by Gasteiger charge is 2.45. The zero-order chi connectivity index (χ0) is 20.2. The molecule has 0 spiro atoms. The van der Waals surface area contributed by atoms with E-state index in [0.717, 1.165) is 36.5 Å². The van der Waals surface area contributed by atoms with Crippen LogP contribution in [0.5, 0.6) is 5.75 Å². The fraction of sp³-hybridized carbons (Fsp3) is 0.455. The van der Waals surface area contributed by atoms with Crippen molar-refractivity contribution in [3.05, 3.63) is 54.1 Å². The van der Waals surface area contributed by atoms with Gasteiger partial charge >= 0.3 is 0 Å². The van der Waals surface area contributed by atoms with Gasteiger partial charge in [0, 0.05) is 62.2 Å². The van der Waals surface area contributed by atoms with Crippen LogP contribution in [-0.4, -0.2) is 64.4 Å². The maximum Gasteiger partial charge on any atom is 0.227 e. The zero-order valence-electron chi connectivity index (χ0n) is 16.7. The summed E-state index contributed by atoms with van der Waals surface area (Å²) in [6, 6.07) is 7.90. The second kappa shape index (κ2) is 8.59. The van der Waals surface area contributed by atoms with E-state index in [1.165, 1.54) is 0 Å². The lowest BCUT2D eigenvalue weighted by Crippen LogP contribution is -2.65. The molecule has 2 saturated heterocycles. The molecule has 7 nitrogen and oxygen atoms in total. The van der Waals surface area contributed by atoms with Crippen LogP contribution < -0.4 is 4.74 Å². The molecule has 7 heteroatoms. The quantitative estimate of drug-likeness (QED) is 0.746. The van der Waals surface area contributed by atoms with Crippen molar-refractivity contribution >= 4 is 11.8 Å². The number of aromatic nitrogens is 2.